The molecule has 96 valence electrons. The van der Waals surface area contributed by atoms with Gasteiger partial charge in [-0.3, -0.25) is 0 Å². The van der Waals surface area contributed by atoms with E-state index in [2.05, 4.69) is 0 Å². The first-order valence-electron chi connectivity index (χ1n) is 5.66. The third-order valence-corrected chi connectivity index (χ3v) is 3.18. The molecule has 3 rings (SSSR count). The lowest BCUT2D eigenvalue weighted by Gasteiger charge is -2.09. The summed E-state index contributed by atoms with van der Waals surface area (Å²) >= 11 is 0. The van der Waals surface area contributed by atoms with E-state index in [0.29, 0.717) is 10.8 Å². The van der Waals surface area contributed by atoms with Crippen LogP contribution in [0.5, 0.6) is 5.75 Å². The predicted molar refractivity (Wildman–Crippen MR) is 67.9 cm³/mol. The van der Waals surface area contributed by atoms with Gasteiger partial charge in [0.15, 0.2) is 23.2 Å². The monoisotopic (exact) mass is 262 g/mol. The number of ether oxygens (including phenoxy) is 1. The van der Waals surface area contributed by atoms with Crippen LogP contribution in [0, 0.1) is 17.5 Å². The van der Waals surface area contributed by atoms with Crippen LogP contribution in [0.3, 0.4) is 0 Å². The van der Waals surface area contributed by atoms with E-state index in [1.807, 2.05) is 0 Å². The van der Waals surface area contributed by atoms with Gasteiger partial charge in [0.1, 0.15) is 0 Å². The molecule has 0 aliphatic heterocycles. The van der Waals surface area contributed by atoms with Gasteiger partial charge >= 0.3 is 0 Å². The van der Waals surface area contributed by atoms with Crippen molar-refractivity contribution in [3.05, 3.63) is 53.8 Å². The van der Waals surface area contributed by atoms with Crippen molar-refractivity contribution in [2.24, 2.45) is 0 Å². The van der Waals surface area contributed by atoms with Crippen molar-refractivity contribution in [3.63, 3.8) is 0 Å². The average Bonchev–Trinajstić information content (AvgIpc) is 2.43. The summed E-state index contributed by atoms with van der Waals surface area (Å²) in [6.45, 7) is 0. The van der Waals surface area contributed by atoms with E-state index in [9.17, 15) is 13.2 Å². The molecular formula is C15H9F3O. The van der Waals surface area contributed by atoms with E-state index in [-0.39, 0.29) is 16.5 Å². The highest BCUT2D eigenvalue weighted by Crippen LogP contribution is 2.34. The molecule has 1 nitrogen and oxygen atoms in total. The minimum Gasteiger partial charge on any atom is -0.494 e. The van der Waals surface area contributed by atoms with Crippen LogP contribution < -0.4 is 4.74 Å². The van der Waals surface area contributed by atoms with Crippen molar-refractivity contribution in [2.75, 3.05) is 7.11 Å². The first-order valence-corrected chi connectivity index (χ1v) is 5.66. The molecular weight excluding hydrogens is 253 g/mol. The van der Waals surface area contributed by atoms with Crippen LogP contribution in [0.4, 0.5) is 13.2 Å². The average molecular weight is 262 g/mol. The van der Waals surface area contributed by atoms with Gasteiger partial charge in [-0.05, 0) is 22.9 Å². The summed E-state index contributed by atoms with van der Waals surface area (Å²) in [6, 6.07) is 8.82. The zero-order valence-corrected chi connectivity index (χ0v) is 10.0. The Morgan fingerprint density at radius 1 is 0.737 bits per heavy atom. The molecule has 4 heteroatoms. The second-order valence-electron chi connectivity index (χ2n) is 4.20. The normalized spacial score (nSPS) is 11.2. The van der Waals surface area contributed by atoms with Gasteiger partial charge in [-0.15, -0.1) is 0 Å². The molecule has 0 bridgehead atoms. The lowest BCUT2D eigenvalue weighted by atomic mass is 10.0. The van der Waals surface area contributed by atoms with Gasteiger partial charge in [0.2, 0.25) is 0 Å². The van der Waals surface area contributed by atoms with Crippen molar-refractivity contribution in [2.45, 2.75) is 0 Å². The summed E-state index contributed by atoms with van der Waals surface area (Å²) in [4.78, 5) is 0. The predicted octanol–water partition coefficient (Wildman–Crippen LogP) is 4.42. The zero-order chi connectivity index (χ0) is 13.6. The van der Waals surface area contributed by atoms with E-state index in [1.165, 1.54) is 19.2 Å². The van der Waals surface area contributed by atoms with Crippen LogP contribution in [0.15, 0.2) is 36.4 Å². The molecule has 0 atom stereocenters. The third kappa shape index (κ3) is 1.63. The molecule has 0 N–H and O–H groups in total. The second-order valence-corrected chi connectivity index (χ2v) is 4.20. The molecule has 0 radical (unpaired) electrons. The number of benzene rings is 3. The number of halogens is 3. The van der Waals surface area contributed by atoms with E-state index < -0.39 is 17.5 Å². The molecule has 0 unspecified atom stereocenters. The summed E-state index contributed by atoms with van der Waals surface area (Å²) in [6.07, 6.45) is 0. The highest BCUT2D eigenvalue weighted by atomic mass is 19.2. The Balaban J connectivity index is 2.60. The summed E-state index contributed by atoms with van der Waals surface area (Å²) in [5.41, 5.74) is 0. The van der Waals surface area contributed by atoms with Crippen LogP contribution in [0.2, 0.25) is 0 Å². The molecule has 19 heavy (non-hydrogen) atoms. The second kappa shape index (κ2) is 4.16. The van der Waals surface area contributed by atoms with Crippen LogP contribution in [-0.2, 0) is 0 Å². The summed E-state index contributed by atoms with van der Waals surface area (Å²) < 4.78 is 46.5. The molecule has 0 saturated heterocycles. The zero-order valence-electron chi connectivity index (χ0n) is 10.0. The SMILES string of the molecule is COc1ccc2ccc3ccc(F)c(F)c3c2c1F. The fourth-order valence-electron chi connectivity index (χ4n) is 2.26. The molecule has 0 aliphatic rings. The van der Waals surface area contributed by atoms with Gasteiger partial charge in [-0.2, -0.15) is 0 Å². The number of hydrogen-bond acceptors (Lipinski definition) is 1. The minimum absolute atomic E-state index is 0.00339. The Kier molecular flexibility index (Phi) is 2.59. The third-order valence-electron chi connectivity index (χ3n) is 3.18. The molecule has 3 aromatic carbocycles. The largest absolute Gasteiger partial charge is 0.494 e. The maximum Gasteiger partial charge on any atom is 0.173 e. The Hall–Kier alpha value is -2.23. The maximum atomic E-state index is 14.3. The molecule has 0 amide bonds. The molecule has 3 aromatic rings. The van der Waals surface area contributed by atoms with Gasteiger partial charge in [0.25, 0.3) is 0 Å². The number of methoxy groups -OCH3 is 1. The van der Waals surface area contributed by atoms with Crippen LogP contribution in [0.25, 0.3) is 21.5 Å². The Morgan fingerprint density at radius 2 is 1.26 bits per heavy atom. The summed E-state index contributed by atoms with van der Waals surface area (Å²) in [7, 11) is 1.33. The van der Waals surface area contributed by atoms with Crippen molar-refractivity contribution in [1.29, 1.82) is 0 Å². The van der Waals surface area contributed by atoms with Gasteiger partial charge in [0.05, 0.1) is 7.11 Å². The highest BCUT2D eigenvalue weighted by molar-refractivity contribution is 6.08. The van der Waals surface area contributed by atoms with Gasteiger partial charge in [0, 0.05) is 10.8 Å². The fraction of sp³-hybridized carbons (Fsp3) is 0.0667. The summed E-state index contributed by atoms with van der Waals surface area (Å²) in [5, 5.41) is 0.914. The standard InChI is InChI=1S/C15H9F3O/c1-19-11-7-5-9-3-2-8-4-6-10(16)14(17)12(8)13(9)15(11)18/h2-7H,1H3. The van der Waals surface area contributed by atoms with E-state index >= 15 is 0 Å². The van der Waals surface area contributed by atoms with E-state index in [0.717, 1.165) is 6.07 Å². The molecule has 0 heterocycles. The Bertz CT molecular complexity index is 796. The highest BCUT2D eigenvalue weighted by Gasteiger charge is 2.16. The Morgan fingerprint density at radius 3 is 1.89 bits per heavy atom. The number of fused-ring (bicyclic) bond motifs is 3. The van der Waals surface area contributed by atoms with Crippen LogP contribution in [-0.4, -0.2) is 7.11 Å². The maximum absolute atomic E-state index is 14.3. The van der Waals surface area contributed by atoms with Gasteiger partial charge < -0.3 is 4.74 Å². The van der Waals surface area contributed by atoms with Crippen molar-refractivity contribution in [1.82, 2.24) is 0 Å². The van der Waals surface area contributed by atoms with Crippen LogP contribution >= 0.6 is 0 Å². The first kappa shape index (κ1) is 11.8. The number of hydrogen-bond donors (Lipinski definition) is 0. The molecule has 0 spiro atoms. The van der Waals surface area contributed by atoms with Crippen LogP contribution in [0.1, 0.15) is 0 Å². The lowest BCUT2D eigenvalue weighted by Crippen LogP contribution is -1.93. The molecule has 0 fully saturated rings. The summed E-state index contributed by atoms with van der Waals surface area (Å²) in [5.74, 6) is -2.73. The fourth-order valence-corrected chi connectivity index (χ4v) is 2.26. The van der Waals surface area contributed by atoms with Gasteiger partial charge in [-0.25, -0.2) is 13.2 Å². The van der Waals surface area contributed by atoms with Gasteiger partial charge in [-0.1, -0.05) is 24.3 Å². The molecule has 0 saturated carbocycles. The smallest absolute Gasteiger partial charge is 0.173 e. The minimum atomic E-state index is -1.05. The first-order chi connectivity index (χ1) is 9.13. The topological polar surface area (TPSA) is 9.23 Å². The van der Waals surface area contributed by atoms with E-state index in [1.54, 1.807) is 18.2 Å². The van der Waals surface area contributed by atoms with Crippen molar-refractivity contribution < 1.29 is 17.9 Å². The van der Waals surface area contributed by atoms with Crippen molar-refractivity contribution in [3.8, 4) is 5.75 Å². The quantitative estimate of drug-likeness (QED) is 0.590. The number of rotatable bonds is 1. The lowest BCUT2D eigenvalue weighted by molar-refractivity contribution is 0.389. The Labute approximate surface area is 107 Å². The molecule has 0 aromatic heterocycles. The van der Waals surface area contributed by atoms with Crippen molar-refractivity contribution >= 4 is 21.5 Å². The molecule has 0 aliphatic carbocycles. The van der Waals surface area contributed by atoms with E-state index in [4.69, 9.17) is 4.74 Å².